The van der Waals surface area contributed by atoms with Crippen molar-refractivity contribution >= 4 is 29.0 Å². The van der Waals surface area contributed by atoms with Crippen LogP contribution in [0.4, 0.5) is 19.0 Å². The van der Waals surface area contributed by atoms with E-state index in [1.165, 1.54) is 6.07 Å². The van der Waals surface area contributed by atoms with Crippen molar-refractivity contribution in [2.45, 2.75) is 20.0 Å². The number of alkyl halides is 3. The molecule has 0 unspecified atom stereocenters. The van der Waals surface area contributed by atoms with Crippen LogP contribution >= 0.6 is 11.6 Å². The highest BCUT2D eigenvalue weighted by molar-refractivity contribution is 6.37. The van der Waals surface area contributed by atoms with Crippen molar-refractivity contribution in [1.29, 1.82) is 0 Å². The summed E-state index contributed by atoms with van der Waals surface area (Å²) >= 11 is 6.21. The van der Waals surface area contributed by atoms with Crippen molar-refractivity contribution in [2.75, 3.05) is 5.32 Å². The largest absolute Gasteiger partial charge is 0.433 e. The molecule has 0 radical (unpaired) electrons. The average Bonchev–Trinajstić information content (AvgIpc) is 3.24. The molecule has 1 amide bonds. The summed E-state index contributed by atoms with van der Waals surface area (Å²) in [6, 6.07) is 9.12. The van der Waals surface area contributed by atoms with Gasteiger partial charge in [0, 0.05) is 11.6 Å². The van der Waals surface area contributed by atoms with Gasteiger partial charge in [0.25, 0.3) is 5.91 Å². The van der Waals surface area contributed by atoms with E-state index >= 15 is 0 Å². The summed E-state index contributed by atoms with van der Waals surface area (Å²) in [7, 11) is 0. The number of hydrogen-bond donors (Lipinski definition) is 1. The lowest BCUT2D eigenvalue weighted by molar-refractivity contribution is -0.142. The molecule has 0 aliphatic rings. The van der Waals surface area contributed by atoms with Gasteiger partial charge >= 0.3 is 6.18 Å². The van der Waals surface area contributed by atoms with Crippen LogP contribution < -0.4 is 5.32 Å². The summed E-state index contributed by atoms with van der Waals surface area (Å²) in [5.41, 5.74) is -0.354. The molecule has 7 nitrogen and oxygen atoms in total. The number of aromatic nitrogens is 4. The molecule has 0 fully saturated rings. The molecular formula is C19H13ClF3N5O2. The first-order chi connectivity index (χ1) is 14.1. The predicted molar refractivity (Wildman–Crippen MR) is 102 cm³/mol. The molecule has 1 N–H and O–H groups in total. The Morgan fingerprint density at radius 2 is 1.87 bits per heavy atom. The highest BCUT2D eigenvalue weighted by atomic mass is 35.5. The first-order valence-electron chi connectivity index (χ1n) is 8.61. The third-order valence-electron chi connectivity index (χ3n) is 4.26. The number of aryl methyl sites for hydroxylation is 2. The molecule has 3 aromatic heterocycles. The minimum atomic E-state index is -4.76. The van der Waals surface area contributed by atoms with Gasteiger partial charge in [0.05, 0.1) is 5.69 Å². The Bertz CT molecular complexity index is 1260. The van der Waals surface area contributed by atoms with Gasteiger partial charge in [-0.15, -0.1) is 0 Å². The van der Waals surface area contributed by atoms with Crippen molar-refractivity contribution in [3.8, 4) is 11.3 Å². The Morgan fingerprint density at radius 1 is 1.17 bits per heavy atom. The summed E-state index contributed by atoms with van der Waals surface area (Å²) < 4.78 is 46.5. The molecule has 0 aliphatic heterocycles. The number of amides is 1. The zero-order valence-electron chi connectivity index (χ0n) is 15.6. The van der Waals surface area contributed by atoms with Gasteiger partial charge in [-0.2, -0.15) is 18.3 Å². The highest BCUT2D eigenvalue weighted by Crippen LogP contribution is 2.34. The average molecular weight is 436 g/mol. The fraction of sp³-hybridized carbons (Fsp3) is 0.158. The zero-order chi connectivity index (χ0) is 21.6. The van der Waals surface area contributed by atoms with Crippen LogP contribution in [0.5, 0.6) is 0 Å². The van der Waals surface area contributed by atoms with Gasteiger partial charge in [0.1, 0.15) is 10.8 Å². The Labute approximate surface area is 172 Å². The van der Waals surface area contributed by atoms with E-state index in [0.717, 1.165) is 11.6 Å². The number of carbonyl (C=O) groups excluding carboxylic acids is 1. The first kappa shape index (κ1) is 19.9. The van der Waals surface area contributed by atoms with E-state index in [0.29, 0.717) is 15.8 Å². The van der Waals surface area contributed by atoms with Crippen LogP contribution in [-0.4, -0.2) is 25.7 Å². The van der Waals surface area contributed by atoms with Gasteiger partial charge in [-0.25, -0.2) is 9.50 Å². The summed E-state index contributed by atoms with van der Waals surface area (Å²) in [5.74, 6) is -0.325. The number of benzene rings is 1. The highest BCUT2D eigenvalue weighted by Gasteiger charge is 2.36. The third kappa shape index (κ3) is 3.61. The maximum absolute atomic E-state index is 13.7. The van der Waals surface area contributed by atoms with Crippen molar-refractivity contribution < 1.29 is 22.5 Å². The maximum Gasteiger partial charge on any atom is 0.433 e. The van der Waals surface area contributed by atoms with Gasteiger partial charge in [0.2, 0.25) is 0 Å². The molecule has 0 saturated carbocycles. The van der Waals surface area contributed by atoms with Crippen molar-refractivity contribution in [2.24, 2.45) is 0 Å². The van der Waals surface area contributed by atoms with Crippen molar-refractivity contribution in [3.63, 3.8) is 0 Å². The molecule has 4 aromatic rings. The molecule has 0 atom stereocenters. The molecule has 0 saturated heterocycles. The zero-order valence-corrected chi connectivity index (χ0v) is 16.3. The van der Waals surface area contributed by atoms with E-state index in [4.69, 9.17) is 16.1 Å². The maximum atomic E-state index is 13.7. The number of anilines is 1. The monoisotopic (exact) mass is 435 g/mol. The van der Waals surface area contributed by atoms with E-state index in [-0.39, 0.29) is 22.2 Å². The number of halogens is 4. The first-order valence-corrected chi connectivity index (χ1v) is 8.99. The Kier molecular flexibility index (Phi) is 4.73. The van der Waals surface area contributed by atoms with Gasteiger partial charge in [-0.3, -0.25) is 4.79 Å². The molecule has 0 bridgehead atoms. The van der Waals surface area contributed by atoms with Crippen LogP contribution in [0, 0.1) is 13.8 Å². The van der Waals surface area contributed by atoms with Gasteiger partial charge < -0.3 is 9.84 Å². The molecule has 0 aliphatic carbocycles. The number of carbonyl (C=O) groups is 1. The summed E-state index contributed by atoms with van der Waals surface area (Å²) in [6.45, 7) is 3.48. The number of hydrogen-bond acceptors (Lipinski definition) is 5. The molecular weight excluding hydrogens is 423 g/mol. The summed E-state index contributed by atoms with van der Waals surface area (Å²) in [5, 5.41) is 9.43. The predicted octanol–water partition coefficient (Wildman–Crippen LogP) is 4.93. The normalized spacial score (nSPS) is 11.8. The van der Waals surface area contributed by atoms with Gasteiger partial charge in [0.15, 0.2) is 22.9 Å². The van der Waals surface area contributed by atoms with Crippen LogP contribution in [0.15, 0.2) is 40.9 Å². The quantitative estimate of drug-likeness (QED) is 0.493. The molecule has 154 valence electrons. The summed E-state index contributed by atoms with van der Waals surface area (Å²) in [4.78, 5) is 16.7. The van der Waals surface area contributed by atoms with Crippen LogP contribution in [0.25, 0.3) is 16.9 Å². The Morgan fingerprint density at radius 3 is 2.47 bits per heavy atom. The van der Waals surface area contributed by atoms with Gasteiger partial charge in [-0.1, -0.05) is 46.6 Å². The van der Waals surface area contributed by atoms with Crippen LogP contribution in [0.2, 0.25) is 5.02 Å². The van der Waals surface area contributed by atoms with Crippen LogP contribution in [0.3, 0.4) is 0 Å². The third-order valence-corrected chi connectivity index (χ3v) is 4.60. The number of nitrogens with zero attached hydrogens (tertiary/aromatic N) is 4. The number of fused-ring (bicyclic) bond motifs is 1. The molecule has 0 spiro atoms. The lowest BCUT2D eigenvalue weighted by Crippen LogP contribution is -2.16. The van der Waals surface area contributed by atoms with Crippen LogP contribution in [0.1, 0.15) is 27.5 Å². The Balaban J connectivity index is 1.86. The van der Waals surface area contributed by atoms with E-state index in [2.05, 4.69) is 20.6 Å². The molecule has 3 heterocycles. The smallest absolute Gasteiger partial charge is 0.360 e. The van der Waals surface area contributed by atoms with Crippen LogP contribution in [-0.2, 0) is 6.18 Å². The second-order valence-electron chi connectivity index (χ2n) is 6.57. The SMILES string of the molecule is Cc1ccc(-c2cc(C(F)(F)F)n3nc(C(=O)Nc4cc(C)on4)c(Cl)c3n2)cc1. The molecule has 11 heteroatoms. The van der Waals surface area contributed by atoms with Gasteiger partial charge in [-0.05, 0) is 19.9 Å². The summed E-state index contributed by atoms with van der Waals surface area (Å²) in [6.07, 6.45) is -4.76. The minimum Gasteiger partial charge on any atom is -0.360 e. The fourth-order valence-corrected chi connectivity index (χ4v) is 3.06. The number of nitrogens with one attached hydrogen (secondary N) is 1. The lowest BCUT2D eigenvalue weighted by Gasteiger charge is -2.11. The molecule has 30 heavy (non-hydrogen) atoms. The standard InChI is InChI=1S/C19H13ClF3N5O2/c1-9-3-5-11(6-4-9)12-8-13(19(21,22)23)28-17(24-12)15(20)16(26-28)18(29)25-14-7-10(2)30-27-14/h3-8H,1-2H3,(H,25,27,29). The van der Waals surface area contributed by atoms with E-state index in [1.54, 1.807) is 31.2 Å². The molecule has 4 rings (SSSR count). The lowest BCUT2D eigenvalue weighted by atomic mass is 10.1. The second kappa shape index (κ2) is 7.13. The van der Waals surface area contributed by atoms with Crippen molar-refractivity contribution in [1.82, 2.24) is 19.8 Å². The fourth-order valence-electron chi connectivity index (χ4n) is 2.81. The van der Waals surface area contributed by atoms with Crippen molar-refractivity contribution in [3.05, 3.63) is 64.1 Å². The number of rotatable bonds is 3. The Hall–Kier alpha value is -3.40. The minimum absolute atomic E-state index is 0.0516. The van der Waals surface area contributed by atoms with E-state index in [9.17, 15) is 18.0 Å². The van der Waals surface area contributed by atoms with E-state index < -0.39 is 23.5 Å². The second-order valence-corrected chi connectivity index (χ2v) is 6.94. The topological polar surface area (TPSA) is 85.3 Å². The molecule has 1 aromatic carbocycles. The van der Waals surface area contributed by atoms with E-state index in [1.807, 2.05) is 6.92 Å².